The summed E-state index contributed by atoms with van der Waals surface area (Å²) in [6.07, 6.45) is 1.12. The quantitative estimate of drug-likeness (QED) is 0.823. The first-order chi connectivity index (χ1) is 9.16. The highest BCUT2D eigenvalue weighted by molar-refractivity contribution is 7.09. The number of nitrogens with one attached hydrogen (secondary N) is 1. The van der Waals surface area contributed by atoms with Gasteiger partial charge in [-0.2, -0.15) is 0 Å². The number of para-hydroxylation sites is 1. The summed E-state index contributed by atoms with van der Waals surface area (Å²) in [7, 11) is 0. The Morgan fingerprint density at radius 3 is 2.89 bits per heavy atom. The fourth-order valence-corrected chi connectivity index (χ4v) is 2.49. The molecule has 0 unspecified atom stereocenters. The molecule has 1 aromatic carbocycles. The number of rotatable bonds is 5. The zero-order chi connectivity index (χ0) is 13.7. The lowest BCUT2D eigenvalue weighted by Crippen LogP contribution is -2.23. The summed E-state index contributed by atoms with van der Waals surface area (Å²) in [5, 5.41) is 2.91. The monoisotopic (exact) mass is 275 g/mol. The van der Waals surface area contributed by atoms with Gasteiger partial charge >= 0.3 is 0 Å². The van der Waals surface area contributed by atoms with E-state index in [0.29, 0.717) is 19.4 Å². The maximum atomic E-state index is 11.8. The van der Waals surface area contributed by atoms with Gasteiger partial charge in [0.15, 0.2) is 0 Å². The summed E-state index contributed by atoms with van der Waals surface area (Å²) in [6.45, 7) is 2.50. The normalized spacial score (nSPS) is 10.4. The number of hydrogen-bond acceptors (Lipinski definition) is 4. The van der Waals surface area contributed by atoms with Crippen LogP contribution in [0.2, 0.25) is 0 Å². The fraction of sp³-hybridized carbons (Fsp3) is 0.286. The van der Waals surface area contributed by atoms with Crippen LogP contribution in [0.3, 0.4) is 0 Å². The minimum atomic E-state index is 0.0380. The number of nitrogens with zero attached hydrogens (tertiary/aromatic N) is 1. The molecule has 19 heavy (non-hydrogen) atoms. The molecule has 0 aliphatic heterocycles. The molecule has 0 radical (unpaired) electrons. The molecule has 2 aromatic rings. The third kappa shape index (κ3) is 3.79. The molecule has 1 aromatic heterocycles. The van der Waals surface area contributed by atoms with Crippen LogP contribution in [-0.2, 0) is 17.8 Å². The van der Waals surface area contributed by atoms with Gasteiger partial charge in [0.1, 0.15) is 0 Å². The number of nitrogen functional groups attached to an aromatic ring is 1. The Bertz CT molecular complexity index is 565. The summed E-state index contributed by atoms with van der Waals surface area (Å²) in [5.74, 6) is 0.0380. The summed E-state index contributed by atoms with van der Waals surface area (Å²) < 4.78 is 0. The molecule has 0 aliphatic rings. The maximum Gasteiger partial charge on any atom is 0.220 e. The first-order valence-corrected chi connectivity index (χ1v) is 7.04. The average Bonchev–Trinajstić information content (AvgIpc) is 2.81. The van der Waals surface area contributed by atoms with Gasteiger partial charge in [-0.3, -0.25) is 4.79 Å². The number of thiazole rings is 1. The molecule has 0 atom stereocenters. The molecule has 100 valence electrons. The number of anilines is 1. The maximum absolute atomic E-state index is 11.8. The van der Waals surface area contributed by atoms with Gasteiger partial charge in [0.25, 0.3) is 0 Å². The Hall–Kier alpha value is -1.88. The Morgan fingerprint density at radius 1 is 1.42 bits per heavy atom. The number of aryl methyl sites for hydroxylation is 2. The van der Waals surface area contributed by atoms with E-state index in [4.69, 9.17) is 5.73 Å². The molecule has 0 saturated carbocycles. The van der Waals surface area contributed by atoms with Crippen molar-refractivity contribution in [3.63, 3.8) is 0 Å². The predicted molar refractivity (Wildman–Crippen MR) is 77.9 cm³/mol. The lowest BCUT2D eigenvalue weighted by atomic mass is 10.1. The minimum absolute atomic E-state index is 0.0380. The molecule has 0 spiro atoms. The van der Waals surface area contributed by atoms with E-state index in [2.05, 4.69) is 10.3 Å². The molecule has 5 heteroatoms. The van der Waals surface area contributed by atoms with Crippen LogP contribution in [0, 0.1) is 6.92 Å². The van der Waals surface area contributed by atoms with Crippen LogP contribution in [0.5, 0.6) is 0 Å². The molecule has 3 N–H and O–H groups in total. The minimum Gasteiger partial charge on any atom is -0.399 e. The first kappa shape index (κ1) is 13.5. The van der Waals surface area contributed by atoms with Gasteiger partial charge in [-0.15, -0.1) is 11.3 Å². The Balaban J connectivity index is 1.79. The fourth-order valence-electron chi connectivity index (χ4n) is 1.77. The van der Waals surface area contributed by atoms with E-state index in [1.54, 1.807) is 16.8 Å². The van der Waals surface area contributed by atoms with Gasteiger partial charge in [0, 0.05) is 17.0 Å². The third-order valence-electron chi connectivity index (χ3n) is 2.97. The molecule has 2 rings (SSSR count). The van der Waals surface area contributed by atoms with Gasteiger partial charge in [0.05, 0.1) is 17.7 Å². The van der Waals surface area contributed by atoms with Gasteiger partial charge in [0.2, 0.25) is 5.91 Å². The molecule has 1 heterocycles. The number of nitrogens with two attached hydrogens (primary N) is 1. The Morgan fingerprint density at radius 2 is 2.21 bits per heavy atom. The van der Waals surface area contributed by atoms with Crippen molar-refractivity contribution < 1.29 is 4.79 Å². The number of amides is 1. The second-order valence-electron chi connectivity index (χ2n) is 4.34. The van der Waals surface area contributed by atoms with Gasteiger partial charge in [-0.1, -0.05) is 18.2 Å². The van der Waals surface area contributed by atoms with Crippen LogP contribution in [0.15, 0.2) is 29.8 Å². The lowest BCUT2D eigenvalue weighted by molar-refractivity contribution is -0.121. The van der Waals surface area contributed by atoms with Crippen molar-refractivity contribution in [2.24, 2.45) is 0 Å². The van der Waals surface area contributed by atoms with Crippen molar-refractivity contribution in [2.75, 3.05) is 5.73 Å². The van der Waals surface area contributed by atoms with Crippen LogP contribution < -0.4 is 11.1 Å². The average molecular weight is 275 g/mol. The smallest absolute Gasteiger partial charge is 0.220 e. The number of carbonyl (C=O) groups is 1. The van der Waals surface area contributed by atoms with Crippen LogP contribution in [-0.4, -0.2) is 10.9 Å². The zero-order valence-corrected chi connectivity index (χ0v) is 11.7. The van der Waals surface area contributed by atoms with E-state index in [1.807, 2.05) is 31.2 Å². The van der Waals surface area contributed by atoms with Crippen molar-refractivity contribution in [3.05, 3.63) is 45.9 Å². The number of benzene rings is 1. The summed E-state index contributed by atoms with van der Waals surface area (Å²) >= 11 is 1.56. The van der Waals surface area contributed by atoms with Crippen LogP contribution in [0.4, 0.5) is 5.69 Å². The first-order valence-electron chi connectivity index (χ1n) is 6.16. The second-order valence-corrected chi connectivity index (χ2v) is 5.28. The van der Waals surface area contributed by atoms with Crippen LogP contribution >= 0.6 is 11.3 Å². The number of hydrogen-bond donors (Lipinski definition) is 2. The van der Waals surface area contributed by atoms with Gasteiger partial charge < -0.3 is 11.1 Å². The van der Waals surface area contributed by atoms with Crippen molar-refractivity contribution in [2.45, 2.75) is 26.3 Å². The van der Waals surface area contributed by atoms with Gasteiger partial charge in [-0.05, 0) is 25.0 Å². The molecular weight excluding hydrogens is 258 g/mol. The van der Waals surface area contributed by atoms with E-state index < -0.39 is 0 Å². The van der Waals surface area contributed by atoms with Gasteiger partial charge in [-0.25, -0.2) is 4.98 Å². The van der Waals surface area contributed by atoms with Crippen molar-refractivity contribution in [3.8, 4) is 0 Å². The van der Waals surface area contributed by atoms with Crippen molar-refractivity contribution in [1.82, 2.24) is 10.3 Å². The second kappa shape index (κ2) is 6.33. The van der Waals surface area contributed by atoms with E-state index in [-0.39, 0.29) is 5.91 Å². The topological polar surface area (TPSA) is 68.0 Å². The van der Waals surface area contributed by atoms with Crippen LogP contribution in [0.1, 0.15) is 22.6 Å². The largest absolute Gasteiger partial charge is 0.399 e. The van der Waals surface area contributed by atoms with E-state index >= 15 is 0 Å². The third-order valence-corrected chi connectivity index (χ3v) is 3.90. The molecule has 4 nitrogen and oxygen atoms in total. The van der Waals surface area contributed by atoms with Crippen molar-refractivity contribution >= 4 is 22.9 Å². The molecular formula is C14H17N3OS. The lowest BCUT2D eigenvalue weighted by Gasteiger charge is -2.06. The highest BCUT2D eigenvalue weighted by Gasteiger charge is 2.06. The van der Waals surface area contributed by atoms with E-state index in [1.165, 1.54) is 0 Å². The van der Waals surface area contributed by atoms with Crippen molar-refractivity contribution in [1.29, 1.82) is 0 Å². The Kier molecular flexibility index (Phi) is 4.52. The highest BCUT2D eigenvalue weighted by Crippen LogP contribution is 2.13. The standard InChI is InChI=1S/C14H17N3OS/c1-10-13(19-9-17-10)8-16-14(18)7-6-11-4-2-3-5-12(11)15/h2-5,9H,6-8,15H2,1H3,(H,16,18). The molecule has 0 aliphatic carbocycles. The van der Waals surface area contributed by atoms with Crippen LogP contribution in [0.25, 0.3) is 0 Å². The highest BCUT2D eigenvalue weighted by atomic mass is 32.1. The molecule has 1 amide bonds. The summed E-state index contributed by atoms with van der Waals surface area (Å²) in [6, 6.07) is 7.64. The molecule has 0 fully saturated rings. The van der Waals surface area contributed by atoms with E-state index in [0.717, 1.165) is 21.8 Å². The van der Waals surface area contributed by atoms with E-state index in [9.17, 15) is 4.79 Å². The SMILES string of the molecule is Cc1ncsc1CNC(=O)CCc1ccccc1N. The zero-order valence-electron chi connectivity index (χ0n) is 10.8. The number of carbonyl (C=O) groups excluding carboxylic acids is 1. The molecule has 0 bridgehead atoms. The molecule has 0 saturated heterocycles. The predicted octanol–water partition coefficient (Wildman–Crippen LogP) is 2.28. The Labute approximate surface area is 116 Å². The number of aromatic nitrogens is 1. The summed E-state index contributed by atoms with van der Waals surface area (Å²) in [5.41, 5.74) is 10.4. The summed E-state index contributed by atoms with van der Waals surface area (Å²) in [4.78, 5) is 17.0.